The topological polar surface area (TPSA) is 240 Å². The average Bonchev–Trinajstić information content (AvgIpc) is 0. The Morgan fingerprint density at radius 2 is 0.417 bits per heavy atom. The molecule has 12 heteroatoms. The first-order valence-electron chi connectivity index (χ1n) is 0. The first-order chi connectivity index (χ1) is 0. The molecule has 0 aromatic heterocycles. The monoisotopic (exact) mass is 368 g/mol. The first kappa shape index (κ1) is 742. The van der Waals surface area contributed by atoms with Gasteiger partial charge in [-0.05, 0) is 0 Å². The van der Waals surface area contributed by atoms with Gasteiger partial charge in [-0.15, -0.1) is 0 Å². The Bertz CT molecular complexity index is 19.0. The van der Waals surface area contributed by atoms with Gasteiger partial charge in [0, 0.05) is 0 Å². The number of hydrogen-bond donors (Lipinski definition) is 0. The molecule has 0 aromatic rings. The molecule has 0 rings (SSSR count). The molecule has 0 aliphatic rings. The Morgan fingerprint density at radius 3 is 0.417 bits per heavy atom. The van der Waals surface area contributed by atoms with E-state index in [4.69, 9.17) is 0 Å². The van der Waals surface area contributed by atoms with E-state index >= 15 is 0 Å². The van der Waals surface area contributed by atoms with Crippen LogP contribution in [0, 0.1) is 0 Å². The summed E-state index contributed by atoms with van der Waals surface area (Å²) in [4.78, 5) is 0. The summed E-state index contributed by atoms with van der Waals surface area (Å²) in [6.07, 6.45) is 0. The van der Waals surface area contributed by atoms with Crippen LogP contribution in [0.2, 0.25) is 0 Å². The standard InChI is InChI=1S/Cu.Fe.Mn.Ni.8H2O/h;;;;8*1H2/q4*+2;;;;;;;;/p-8. The van der Waals surface area contributed by atoms with Crippen molar-refractivity contribution in [3.63, 3.8) is 0 Å². The summed E-state index contributed by atoms with van der Waals surface area (Å²) in [5, 5.41) is 0. The second kappa shape index (κ2) is 584. The molecule has 0 fully saturated rings. The van der Waals surface area contributed by atoms with Crippen molar-refractivity contribution in [3.05, 3.63) is 0 Å². The molecule has 0 saturated heterocycles. The zero-order valence-electron chi connectivity index (χ0n) is 4.93. The van der Waals surface area contributed by atoms with E-state index in [1.807, 2.05) is 0 Å². The second-order valence-electron chi connectivity index (χ2n) is 0. The van der Waals surface area contributed by atoms with Gasteiger partial charge in [-0.2, -0.15) is 0 Å². The Balaban J connectivity index is 0. The van der Waals surface area contributed by atoms with Gasteiger partial charge in [0.25, 0.3) is 0 Å². The molecule has 12 heavy (non-hydrogen) atoms. The quantitative estimate of drug-likeness (QED) is 0.457. The van der Waals surface area contributed by atoms with E-state index in [1.54, 1.807) is 0 Å². The van der Waals surface area contributed by atoms with E-state index < -0.39 is 0 Å². The summed E-state index contributed by atoms with van der Waals surface area (Å²) < 4.78 is 0. The van der Waals surface area contributed by atoms with E-state index in [9.17, 15) is 0 Å². The maximum absolute atomic E-state index is 0. The third-order valence-electron chi connectivity index (χ3n) is 0. The predicted octanol–water partition coefficient (Wildman–Crippen LogP) is -1.42. The molecule has 8 N–H and O–H groups in total. The third kappa shape index (κ3) is 450. The van der Waals surface area contributed by atoms with E-state index in [2.05, 4.69) is 0 Å². The van der Waals surface area contributed by atoms with Crippen LogP contribution in [0.15, 0.2) is 0 Å². The summed E-state index contributed by atoms with van der Waals surface area (Å²) in [6.45, 7) is 0. The van der Waals surface area contributed by atoms with Crippen molar-refractivity contribution in [2.45, 2.75) is 0 Å². The molecule has 0 aromatic carbocycles. The molecule has 0 aliphatic heterocycles. The van der Waals surface area contributed by atoms with Crippen LogP contribution < -0.4 is 0 Å². The van der Waals surface area contributed by atoms with Crippen LogP contribution in [-0.4, -0.2) is 43.8 Å². The molecule has 0 heterocycles. The zero-order chi connectivity index (χ0) is 0. The van der Waals surface area contributed by atoms with Crippen LogP contribution in [0.25, 0.3) is 0 Å². The average molecular weight is 369 g/mol. The van der Waals surface area contributed by atoms with Crippen molar-refractivity contribution in [1.29, 1.82) is 0 Å². The largest absolute Gasteiger partial charge is 2.00 e. The fourth-order valence-corrected chi connectivity index (χ4v) is 0. The summed E-state index contributed by atoms with van der Waals surface area (Å²) in [5.74, 6) is 0. The zero-order valence-corrected chi connectivity index (χ0v) is 9.14. The minimum atomic E-state index is 0. The third-order valence-corrected chi connectivity index (χ3v) is 0. The van der Waals surface area contributed by atoms with Crippen molar-refractivity contribution < 1.29 is 112 Å². The van der Waals surface area contributed by atoms with Crippen LogP contribution in [-0.2, 0) is 67.7 Å². The molecule has 2 radical (unpaired) electrons. The molecule has 0 unspecified atom stereocenters. The maximum Gasteiger partial charge on any atom is 2.00 e. The molecule has 92 valence electrons. The van der Waals surface area contributed by atoms with Crippen molar-refractivity contribution in [3.8, 4) is 0 Å². The van der Waals surface area contributed by atoms with Crippen LogP contribution in [0.5, 0.6) is 0 Å². The van der Waals surface area contributed by atoms with Crippen molar-refractivity contribution in [2.24, 2.45) is 0 Å². The van der Waals surface area contributed by atoms with Gasteiger partial charge >= 0.3 is 67.7 Å². The SMILES string of the molecule is [Cu+2].[Fe+2].[Mn+2].[Ni+2].[OH-].[OH-].[OH-].[OH-].[OH-].[OH-].[OH-].[OH-]. The molecule has 0 atom stereocenters. The summed E-state index contributed by atoms with van der Waals surface area (Å²) in [5.41, 5.74) is 0. The smallest absolute Gasteiger partial charge is 0.870 e. The fourth-order valence-electron chi connectivity index (χ4n) is 0. The molecular formula is H8CuFeMnNiO8. The molecule has 0 aliphatic carbocycles. The molecule has 0 bridgehead atoms. The molecular weight excluding hydrogens is 361 g/mol. The predicted molar refractivity (Wildman–Crippen MR) is 15.5 cm³/mol. The van der Waals surface area contributed by atoms with Gasteiger partial charge in [0.15, 0.2) is 0 Å². The second-order valence-corrected chi connectivity index (χ2v) is 0. The van der Waals surface area contributed by atoms with Gasteiger partial charge < -0.3 is 43.8 Å². The van der Waals surface area contributed by atoms with Gasteiger partial charge in [-0.1, -0.05) is 0 Å². The molecule has 0 saturated carbocycles. The van der Waals surface area contributed by atoms with Gasteiger partial charge in [0.1, 0.15) is 0 Å². The Morgan fingerprint density at radius 1 is 0.417 bits per heavy atom. The molecule has 8 nitrogen and oxygen atoms in total. The summed E-state index contributed by atoms with van der Waals surface area (Å²) in [7, 11) is 0. The van der Waals surface area contributed by atoms with Gasteiger partial charge in [0.2, 0.25) is 0 Å². The van der Waals surface area contributed by atoms with Crippen molar-refractivity contribution in [2.75, 3.05) is 0 Å². The van der Waals surface area contributed by atoms with E-state index in [-0.39, 0.29) is 112 Å². The minimum absolute atomic E-state index is 0. The van der Waals surface area contributed by atoms with Gasteiger partial charge in [0.05, 0.1) is 0 Å². The number of hydrogen-bond acceptors (Lipinski definition) is 8. The Kier molecular flexibility index (Phi) is 36100. The van der Waals surface area contributed by atoms with E-state index in [0.717, 1.165) is 0 Å². The summed E-state index contributed by atoms with van der Waals surface area (Å²) >= 11 is 0. The normalized spacial score (nSPS) is 0. The Labute approximate surface area is 111 Å². The van der Waals surface area contributed by atoms with Crippen LogP contribution >= 0.6 is 0 Å². The Hall–Kier alpha value is 1.73. The van der Waals surface area contributed by atoms with Crippen LogP contribution in [0.4, 0.5) is 0 Å². The van der Waals surface area contributed by atoms with Crippen LogP contribution in [0.1, 0.15) is 0 Å². The van der Waals surface area contributed by atoms with Gasteiger partial charge in [-0.3, -0.25) is 0 Å². The number of rotatable bonds is 0. The van der Waals surface area contributed by atoms with Gasteiger partial charge in [-0.25, -0.2) is 0 Å². The van der Waals surface area contributed by atoms with Crippen LogP contribution in [0.3, 0.4) is 0 Å². The first-order valence-corrected chi connectivity index (χ1v) is 0. The van der Waals surface area contributed by atoms with E-state index in [1.165, 1.54) is 0 Å². The molecule has 0 spiro atoms. The van der Waals surface area contributed by atoms with Crippen molar-refractivity contribution >= 4 is 0 Å². The fraction of sp³-hybridized carbons (Fsp3) is 0. The minimum Gasteiger partial charge on any atom is -0.870 e. The van der Waals surface area contributed by atoms with Crippen molar-refractivity contribution in [1.82, 2.24) is 0 Å². The molecule has 0 amide bonds. The maximum atomic E-state index is 0. The summed E-state index contributed by atoms with van der Waals surface area (Å²) in [6, 6.07) is 0. The van der Waals surface area contributed by atoms with E-state index in [0.29, 0.717) is 0 Å².